The van der Waals surface area contributed by atoms with Gasteiger partial charge < -0.3 is 23.9 Å². The van der Waals surface area contributed by atoms with E-state index in [1.165, 1.54) is 5.56 Å². The van der Waals surface area contributed by atoms with Crippen molar-refractivity contribution in [2.75, 3.05) is 53.1 Å². The van der Waals surface area contributed by atoms with Crippen molar-refractivity contribution in [1.82, 2.24) is 14.8 Å². The minimum atomic E-state index is -0.416. The number of fused-ring (bicyclic) bond motifs is 3. The molecule has 8 nitrogen and oxygen atoms in total. The van der Waals surface area contributed by atoms with Gasteiger partial charge in [0.15, 0.2) is 11.5 Å². The smallest absolute Gasteiger partial charge is 0.416 e. The van der Waals surface area contributed by atoms with Crippen LogP contribution in [0, 0.1) is 0 Å². The van der Waals surface area contributed by atoms with Crippen LogP contribution < -0.4 is 14.2 Å². The molecule has 1 atom stereocenters. The minimum Gasteiger partial charge on any atom is -0.493 e. The number of benzene rings is 3. The van der Waals surface area contributed by atoms with Gasteiger partial charge in [0.25, 0.3) is 0 Å². The molecule has 0 aliphatic carbocycles. The second-order valence-electron chi connectivity index (χ2n) is 11.4. The topological polar surface area (TPSA) is 76.3 Å². The van der Waals surface area contributed by atoms with Crippen LogP contribution in [0.2, 0.25) is 5.02 Å². The number of carbonyl (C=O) groups excluding carboxylic acids is 1. The first-order chi connectivity index (χ1) is 21.5. The average molecular weight is 618 g/mol. The van der Waals surface area contributed by atoms with Crippen molar-refractivity contribution >= 4 is 28.6 Å². The van der Waals surface area contributed by atoms with E-state index in [0.29, 0.717) is 41.8 Å². The molecular formula is C35H40ClN3O5. The Morgan fingerprint density at radius 1 is 1.02 bits per heavy atom. The van der Waals surface area contributed by atoms with Crippen LogP contribution in [-0.2, 0) is 17.6 Å². The number of hydrogen-bond acceptors (Lipinski definition) is 6. The molecule has 1 fully saturated rings. The summed E-state index contributed by atoms with van der Waals surface area (Å²) < 4.78 is 23.3. The first-order valence-corrected chi connectivity index (χ1v) is 15.9. The molecule has 6 rings (SSSR count). The first kappa shape index (κ1) is 30.3. The van der Waals surface area contributed by atoms with Gasteiger partial charge in [-0.15, -0.1) is 0 Å². The van der Waals surface area contributed by atoms with Gasteiger partial charge in [0.1, 0.15) is 11.8 Å². The summed E-state index contributed by atoms with van der Waals surface area (Å²) in [5, 5.41) is 1.75. The highest BCUT2D eigenvalue weighted by Gasteiger charge is 2.36. The minimum absolute atomic E-state index is 0.400. The van der Waals surface area contributed by atoms with Crippen molar-refractivity contribution in [2.24, 2.45) is 0 Å². The van der Waals surface area contributed by atoms with Crippen molar-refractivity contribution in [3.63, 3.8) is 0 Å². The third kappa shape index (κ3) is 6.67. The van der Waals surface area contributed by atoms with Gasteiger partial charge in [-0.1, -0.05) is 43.1 Å². The number of hydrogen-bond donors (Lipinski definition) is 1. The van der Waals surface area contributed by atoms with Crippen molar-refractivity contribution in [2.45, 2.75) is 38.6 Å². The quantitative estimate of drug-likeness (QED) is 0.193. The lowest BCUT2D eigenvalue weighted by Gasteiger charge is -2.35. The molecule has 0 saturated carbocycles. The third-order valence-electron chi connectivity index (χ3n) is 8.47. The normalized spacial score (nSPS) is 17.0. The average Bonchev–Trinajstić information content (AvgIpc) is 3.42. The van der Waals surface area contributed by atoms with Crippen LogP contribution in [0.3, 0.4) is 0 Å². The summed E-state index contributed by atoms with van der Waals surface area (Å²) in [7, 11) is 1.64. The van der Waals surface area contributed by atoms with Gasteiger partial charge in [-0.3, -0.25) is 9.80 Å². The number of aromatic amines is 1. The summed E-state index contributed by atoms with van der Waals surface area (Å²) >= 11 is 6.39. The van der Waals surface area contributed by atoms with Gasteiger partial charge in [0.2, 0.25) is 0 Å². The van der Waals surface area contributed by atoms with Crippen LogP contribution >= 0.6 is 11.6 Å². The molecule has 0 bridgehead atoms. The lowest BCUT2D eigenvalue weighted by atomic mass is 9.92. The van der Waals surface area contributed by atoms with Gasteiger partial charge in [0.05, 0.1) is 26.9 Å². The van der Waals surface area contributed by atoms with Crippen molar-refractivity contribution < 1.29 is 23.7 Å². The fourth-order valence-corrected chi connectivity index (χ4v) is 6.42. The molecule has 0 spiro atoms. The van der Waals surface area contributed by atoms with E-state index in [2.05, 4.69) is 16.8 Å². The van der Waals surface area contributed by atoms with E-state index in [4.69, 9.17) is 30.5 Å². The molecule has 9 heteroatoms. The molecule has 0 radical (unpaired) electrons. The molecule has 4 aromatic rings. The lowest BCUT2D eigenvalue weighted by Crippen LogP contribution is -2.42. The highest BCUT2D eigenvalue weighted by Crippen LogP contribution is 2.42. The van der Waals surface area contributed by atoms with E-state index < -0.39 is 12.1 Å². The number of methoxy groups -OCH3 is 1. The number of amides is 1. The van der Waals surface area contributed by atoms with Crippen molar-refractivity contribution in [3.05, 3.63) is 88.1 Å². The summed E-state index contributed by atoms with van der Waals surface area (Å²) in [6.07, 6.45) is 3.24. The molecule has 232 valence electrons. The maximum absolute atomic E-state index is 13.8. The number of morpholine rings is 1. The summed E-state index contributed by atoms with van der Waals surface area (Å²) in [6.45, 7) is 7.70. The molecule has 2 aliphatic heterocycles. The third-order valence-corrected chi connectivity index (χ3v) is 8.71. The number of ether oxygens (including phenoxy) is 4. The van der Waals surface area contributed by atoms with E-state index in [1.807, 2.05) is 60.7 Å². The standard InChI is InChI=1S/C35H40ClN3O5/c1-3-5-24-6-10-27(11-7-24)44-35(40)39-16-14-28-29-23-26(36)9-12-30(29)37-33(28)34(39)25-8-13-31(32(22-25)41-2)43-19-4-15-38-17-20-42-21-18-38/h6-13,22-23,34,37H,3-5,14-21H2,1-2H3. The van der Waals surface area contributed by atoms with Crippen LogP contribution in [-0.4, -0.2) is 74.0 Å². The SMILES string of the molecule is CCCc1ccc(OC(=O)N2CCc3c([nH]c4ccc(Cl)cc34)C2c2ccc(OCCCN3CCOCC3)c(OC)c2)cc1. The zero-order valence-corrected chi connectivity index (χ0v) is 26.2. The Balaban J connectivity index is 1.26. The fourth-order valence-electron chi connectivity index (χ4n) is 6.24. The number of carbonyl (C=O) groups is 1. The van der Waals surface area contributed by atoms with Gasteiger partial charge >= 0.3 is 6.09 Å². The first-order valence-electron chi connectivity index (χ1n) is 15.5. The zero-order valence-electron chi connectivity index (χ0n) is 25.4. The molecule has 1 aromatic heterocycles. The van der Waals surface area contributed by atoms with Gasteiger partial charge in [-0.25, -0.2) is 4.79 Å². The number of nitrogens with one attached hydrogen (secondary N) is 1. The van der Waals surface area contributed by atoms with Gasteiger partial charge in [0, 0.05) is 47.8 Å². The Hall–Kier alpha value is -3.72. The molecule has 1 N–H and O–H groups in total. The predicted molar refractivity (Wildman–Crippen MR) is 172 cm³/mol. The van der Waals surface area contributed by atoms with Gasteiger partial charge in [-0.2, -0.15) is 0 Å². The van der Waals surface area contributed by atoms with Gasteiger partial charge in [-0.05, 0) is 78.4 Å². The number of aromatic nitrogens is 1. The Kier molecular flexibility index (Phi) is 9.60. The van der Waals surface area contributed by atoms with E-state index >= 15 is 0 Å². The maximum Gasteiger partial charge on any atom is 0.416 e. The molecule has 3 heterocycles. The molecule has 2 aliphatic rings. The molecule has 1 saturated heterocycles. The summed E-state index contributed by atoms with van der Waals surface area (Å²) in [6, 6.07) is 19.1. The number of halogens is 1. The van der Waals surface area contributed by atoms with E-state index in [-0.39, 0.29) is 0 Å². The molecule has 44 heavy (non-hydrogen) atoms. The molecule has 1 amide bonds. The van der Waals surface area contributed by atoms with Crippen LogP contribution in [0.1, 0.15) is 48.2 Å². The second kappa shape index (κ2) is 13.9. The van der Waals surface area contributed by atoms with Crippen LogP contribution in [0.5, 0.6) is 17.2 Å². The number of rotatable bonds is 10. The number of nitrogens with zero attached hydrogens (tertiary/aromatic N) is 2. The van der Waals surface area contributed by atoms with Crippen LogP contribution in [0.4, 0.5) is 4.79 Å². The van der Waals surface area contributed by atoms with Crippen molar-refractivity contribution in [1.29, 1.82) is 0 Å². The Labute approximate surface area is 263 Å². The Morgan fingerprint density at radius 2 is 1.84 bits per heavy atom. The largest absolute Gasteiger partial charge is 0.493 e. The van der Waals surface area contributed by atoms with Crippen LogP contribution in [0.15, 0.2) is 60.7 Å². The van der Waals surface area contributed by atoms with E-state index in [9.17, 15) is 4.79 Å². The monoisotopic (exact) mass is 617 g/mol. The lowest BCUT2D eigenvalue weighted by molar-refractivity contribution is 0.0357. The molecule has 3 aromatic carbocycles. The summed E-state index contributed by atoms with van der Waals surface area (Å²) in [5.41, 5.74) is 5.21. The highest BCUT2D eigenvalue weighted by molar-refractivity contribution is 6.31. The zero-order chi connectivity index (χ0) is 30.5. The summed E-state index contributed by atoms with van der Waals surface area (Å²) in [5.74, 6) is 1.83. The highest BCUT2D eigenvalue weighted by atomic mass is 35.5. The summed E-state index contributed by atoms with van der Waals surface area (Å²) in [4.78, 5) is 21.5. The maximum atomic E-state index is 13.8. The second-order valence-corrected chi connectivity index (χ2v) is 11.8. The van der Waals surface area contributed by atoms with E-state index in [1.54, 1.807) is 12.0 Å². The fraction of sp³-hybridized carbons (Fsp3) is 0.400. The van der Waals surface area contributed by atoms with E-state index in [0.717, 1.165) is 79.8 Å². The van der Waals surface area contributed by atoms with Crippen LogP contribution in [0.25, 0.3) is 10.9 Å². The van der Waals surface area contributed by atoms with Crippen molar-refractivity contribution in [3.8, 4) is 17.2 Å². The predicted octanol–water partition coefficient (Wildman–Crippen LogP) is 7.03. The number of H-pyrrole nitrogens is 1. The Bertz CT molecular complexity index is 1580. The molecular weight excluding hydrogens is 578 g/mol. The molecule has 1 unspecified atom stereocenters. The Morgan fingerprint density at radius 3 is 2.61 bits per heavy atom. The number of aryl methyl sites for hydroxylation is 1.